The Balaban J connectivity index is 2.28. The van der Waals surface area contributed by atoms with Crippen molar-refractivity contribution in [1.29, 1.82) is 0 Å². The van der Waals surface area contributed by atoms with Gasteiger partial charge in [-0.2, -0.15) is 0 Å². The highest BCUT2D eigenvalue weighted by atomic mass is 16.5. The zero-order valence-corrected chi connectivity index (χ0v) is 13.3. The Morgan fingerprint density at radius 1 is 0.957 bits per heavy atom. The van der Waals surface area contributed by atoms with Crippen molar-refractivity contribution >= 4 is 23.2 Å². The number of nitrogens with one attached hydrogen (secondary N) is 1. The standard InChI is InChI=1S/C17H19N3O3/c1-19(2)15-7-5-4-6-14(15)17(22)20(3)13-10-8-12(9-11-13)16(21)18-23/h4-11,23H,1-3H3,(H,18,21). The van der Waals surface area contributed by atoms with Gasteiger partial charge < -0.3 is 9.80 Å². The number of rotatable bonds is 4. The number of carbonyl (C=O) groups excluding carboxylic acids is 2. The molecular weight excluding hydrogens is 294 g/mol. The smallest absolute Gasteiger partial charge is 0.274 e. The van der Waals surface area contributed by atoms with Gasteiger partial charge in [-0.1, -0.05) is 12.1 Å². The van der Waals surface area contributed by atoms with Gasteiger partial charge in [0.1, 0.15) is 0 Å². The maximum atomic E-state index is 12.7. The predicted octanol–water partition coefficient (Wildman–Crippen LogP) is 2.15. The number of benzene rings is 2. The van der Waals surface area contributed by atoms with E-state index in [1.807, 2.05) is 37.2 Å². The minimum atomic E-state index is -0.594. The summed E-state index contributed by atoms with van der Waals surface area (Å²) in [5, 5.41) is 8.62. The first kappa shape index (κ1) is 16.5. The van der Waals surface area contributed by atoms with Crippen LogP contribution in [0.3, 0.4) is 0 Å². The van der Waals surface area contributed by atoms with Crippen LogP contribution in [0.2, 0.25) is 0 Å². The molecule has 0 spiro atoms. The average Bonchev–Trinajstić information content (AvgIpc) is 2.59. The summed E-state index contributed by atoms with van der Waals surface area (Å²) < 4.78 is 0. The summed E-state index contributed by atoms with van der Waals surface area (Å²) in [7, 11) is 5.44. The Morgan fingerprint density at radius 2 is 1.57 bits per heavy atom. The summed E-state index contributed by atoms with van der Waals surface area (Å²) in [6, 6.07) is 13.8. The van der Waals surface area contributed by atoms with Gasteiger partial charge in [0, 0.05) is 38.1 Å². The molecule has 0 aliphatic heterocycles. The SMILES string of the molecule is CN(C)c1ccccc1C(=O)N(C)c1ccc(C(=O)NO)cc1. The lowest BCUT2D eigenvalue weighted by Gasteiger charge is -2.22. The van der Waals surface area contributed by atoms with Crippen LogP contribution in [-0.4, -0.2) is 38.2 Å². The van der Waals surface area contributed by atoms with E-state index in [9.17, 15) is 9.59 Å². The Morgan fingerprint density at radius 3 is 2.13 bits per heavy atom. The highest BCUT2D eigenvalue weighted by molar-refractivity contribution is 6.09. The molecule has 0 heterocycles. The minimum Gasteiger partial charge on any atom is -0.377 e. The Hall–Kier alpha value is -2.86. The van der Waals surface area contributed by atoms with Crippen LogP contribution in [0.15, 0.2) is 48.5 Å². The third kappa shape index (κ3) is 3.49. The van der Waals surface area contributed by atoms with Gasteiger partial charge in [0.2, 0.25) is 0 Å². The van der Waals surface area contributed by atoms with E-state index in [1.54, 1.807) is 42.9 Å². The van der Waals surface area contributed by atoms with E-state index < -0.39 is 5.91 Å². The quantitative estimate of drug-likeness (QED) is 0.670. The first-order valence-corrected chi connectivity index (χ1v) is 7.04. The highest BCUT2D eigenvalue weighted by Gasteiger charge is 2.18. The lowest BCUT2D eigenvalue weighted by molar-refractivity contribution is 0.0706. The van der Waals surface area contributed by atoms with Crippen molar-refractivity contribution in [1.82, 2.24) is 5.48 Å². The number of hydroxylamine groups is 1. The zero-order valence-electron chi connectivity index (χ0n) is 13.3. The second kappa shape index (κ2) is 6.93. The molecule has 6 heteroatoms. The maximum Gasteiger partial charge on any atom is 0.274 e. The molecular formula is C17H19N3O3. The number of hydrogen-bond donors (Lipinski definition) is 2. The van der Waals surface area contributed by atoms with Crippen LogP contribution < -0.4 is 15.3 Å². The number of para-hydroxylation sites is 1. The van der Waals surface area contributed by atoms with Crippen molar-refractivity contribution in [3.63, 3.8) is 0 Å². The molecule has 0 saturated carbocycles. The van der Waals surface area contributed by atoms with Gasteiger partial charge in [0.15, 0.2) is 0 Å². The molecule has 0 radical (unpaired) electrons. The summed E-state index contributed by atoms with van der Waals surface area (Å²) >= 11 is 0. The monoisotopic (exact) mass is 313 g/mol. The summed E-state index contributed by atoms with van der Waals surface area (Å²) in [5.41, 5.74) is 3.96. The molecule has 0 aliphatic carbocycles. The molecule has 0 unspecified atom stereocenters. The largest absolute Gasteiger partial charge is 0.377 e. The summed E-state index contributed by atoms with van der Waals surface area (Å²) in [5.74, 6) is -0.739. The molecule has 2 aromatic carbocycles. The van der Waals surface area contributed by atoms with E-state index in [1.165, 1.54) is 4.90 Å². The van der Waals surface area contributed by atoms with Crippen LogP contribution in [0.5, 0.6) is 0 Å². The molecule has 6 nitrogen and oxygen atoms in total. The van der Waals surface area contributed by atoms with Crippen LogP contribution in [-0.2, 0) is 0 Å². The molecule has 0 atom stereocenters. The van der Waals surface area contributed by atoms with Crippen LogP contribution in [0.1, 0.15) is 20.7 Å². The topological polar surface area (TPSA) is 72.9 Å². The van der Waals surface area contributed by atoms with E-state index in [0.717, 1.165) is 5.69 Å². The fourth-order valence-electron chi connectivity index (χ4n) is 2.24. The molecule has 2 amide bonds. The number of anilines is 2. The van der Waals surface area contributed by atoms with E-state index in [4.69, 9.17) is 5.21 Å². The van der Waals surface area contributed by atoms with Crippen LogP contribution in [0, 0.1) is 0 Å². The average molecular weight is 313 g/mol. The molecule has 0 aromatic heterocycles. The molecule has 0 fully saturated rings. The summed E-state index contributed by atoms with van der Waals surface area (Å²) in [6.07, 6.45) is 0. The van der Waals surface area contributed by atoms with Crippen molar-refractivity contribution < 1.29 is 14.8 Å². The first-order valence-electron chi connectivity index (χ1n) is 7.04. The normalized spacial score (nSPS) is 10.1. The predicted molar refractivity (Wildman–Crippen MR) is 89.2 cm³/mol. The molecule has 2 aromatic rings. The fraction of sp³-hybridized carbons (Fsp3) is 0.176. The molecule has 23 heavy (non-hydrogen) atoms. The van der Waals surface area contributed by atoms with Gasteiger partial charge in [-0.3, -0.25) is 14.8 Å². The minimum absolute atomic E-state index is 0.145. The fourth-order valence-corrected chi connectivity index (χ4v) is 2.24. The van der Waals surface area contributed by atoms with Crippen molar-refractivity contribution in [3.05, 3.63) is 59.7 Å². The maximum absolute atomic E-state index is 12.7. The van der Waals surface area contributed by atoms with Gasteiger partial charge in [-0.15, -0.1) is 0 Å². The number of carbonyl (C=O) groups is 2. The summed E-state index contributed by atoms with van der Waals surface area (Å²) in [4.78, 5) is 27.4. The summed E-state index contributed by atoms with van der Waals surface area (Å²) in [6.45, 7) is 0. The molecule has 0 aliphatic rings. The Kier molecular flexibility index (Phi) is 4.98. The molecule has 0 bridgehead atoms. The zero-order chi connectivity index (χ0) is 17.0. The van der Waals surface area contributed by atoms with E-state index in [2.05, 4.69) is 0 Å². The molecule has 120 valence electrons. The van der Waals surface area contributed by atoms with Gasteiger partial charge in [-0.05, 0) is 36.4 Å². The molecule has 2 rings (SSSR count). The third-order valence-corrected chi connectivity index (χ3v) is 3.54. The first-order chi connectivity index (χ1) is 11.0. The van der Waals surface area contributed by atoms with Crippen LogP contribution >= 0.6 is 0 Å². The Bertz CT molecular complexity index is 711. The van der Waals surface area contributed by atoms with Gasteiger partial charge in [0.05, 0.1) is 5.56 Å². The van der Waals surface area contributed by atoms with E-state index >= 15 is 0 Å². The van der Waals surface area contributed by atoms with Crippen molar-refractivity contribution in [2.75, 3.05) is 30.9 Å². The highest BCUT2D eigenvalue weighted by Crippen LogP contribution is 2.22. The van der Waals surface area contributed by atoms with Gasteiger partial charge in [-0.25, -0.2) is 5.48 Å². The van der Waals surface area contributed by atoms with Crippen molar-refractivity contribution in [2.24, 2.45) is 0 Å². The van der Waals surface area contributed by atoms with Gasteiger partial charge >= 0.3 is 0 Å². The van der Waals surface area contributed by atoms with Crippen LogP contribution in [0.4, 0.5) is 11.4 Å². The molecule has 0 saturated heterocycles. The van der Waals surface area contributed by atoms with E-state index in [-0.39, 0.29) is 5.91 Å². The lowest BCUT2D eigenvalue weighted by Crippen LogP contribution is -2.28. The number of hydrogen-bond acceptors (Lipinski definition) is 4. The van der Waals surface area contributed by atoms with Crippen LogP contribution in [0.25, 0.3) is 0 Å². The Labute approximate surface area is 134 Å². The second-order valence-electron chi connectivity index (χ2n) is 5.26. The second-order valence-corrected chi connectivity index (χ2v) is 5.26. The van der Waals surface area contributed by atoms with Crippen molar-refractivity contribution in [3.8, 4) is 0 Å². The van der Waals surface area contributed by atoms with Gasteiger partial charge in [0.25, 0.3) is 11.8 Å². The van der Waals surface area contributed by atoms with E-state index in [0.29, 0.717) is 16.8 Å². The third-order valence-electron chi connectivity index (χ3n) is 3.54. The number of nitrogens with zero attached hydrogens (tertiary/aromatic N) is 2. The lowest BCUT2D eigenvalue weighted by atomic mass is 10.1. The molecule has 2 N–H and O–H groups in total. The van der Waals surface area contributed by atoms with Crippen molar-refractivity contribution in [2.45, 2.75) is 0 Å². The number of amides is 2.